The lowest BCUT2D eigenvalue weighted by Gasteiger charge is -2.13. The van der Waals surface area contributed by atoms with E-state index in [1.807, 2.05) is 0 Å². The molecule has 0 radical (unpaired) electrons. The van der Waals surface area contributed by atoms with Crippen molar-refractivity contribution in [2.24, 2.45) is 5.10 Å². The minimum absolute atomic E-state index is 0.0160. The largest absolute Gasteiger partial charge is 0.455 e. The average Bonchev–Trinajstić information content (AvgIpc) is 3.16. The fourth-order valence-corrected chi connectivity index (χ4v) is 3.75. The summed E-state index contributed by atoms with van der Waals surface area (Å²) in [5.41, 5.74) is 3.32. The Bertz CT molecular complexity index is 1350. The van der Waals surface area contributed by atoms with Gasteiger partial charge in [0.1, 0.15) is 17.3 Å². The molecule has 1 aromatic heterocycles. The van der Waals surface area contributed by atoms with E-state index in [2.05, 4.69) is 15.8 Å². The molecule has 0 aliphatic heterocycles. The molecular formula is C22H18FN5O6. The van der Waals surface area contributed by atoms with E-state index in [9.17, 15) is 29.4 Å². The monoisotopic (exact) mass is 467 g/mol. The third kappa shape index (κ3) is 4.33. The molecule has 0 atom stereocenters. The predicted molar refractivity (Wildman–Crippen MR) is 121 cm³/mol. The minimum atomic E-state index is -0.740. The lowest BCUT2D eigenvalue weighted by Crippen LogP contribution is -2.15. The second-order valence-corrected chi connectivity index (χ2v) is 7.53. The molecule has 0 spiro atoms. The fourth-order valence-electron chi connectivity index (χ4n) is 3.75. The van der Waals surface area contributed by atoms with Crippen LogP contribution in [-0.4, -0.2) is 21.5 Å². The van der Waals surface area contributed by atoms with Gasteiger partial charge in [-0.05, 0) is 38.0 Å². The summed E-state index contributed by atoms with van der Waals surface area (Å²) in [6.07, 6.45) is 1.73. The zero-order valence-electron chi connectivity index (χ0n) is 17.8. The normalized spacial score (nSPS) is 13.9. The average molecular weight is 467 g/mol. The molecule has 3 aromatic rings. The number of nitrogens with one attached hydrogen (secondary N) is 2. The van der Waals surface area contributed by atoms with Crippen molar-refractivity contribution in [2.45, 2.75) is 26.2 Å². The summed E-state index contributed by atoms with van der Waals surface area (Å²) in [5.74, 6) is -0.651. The number of nitro groups is 2. The molecular weight excluding hydrogens is 449 g/mol. The van der Waals surface area contributed by atoms with Crippen LogP contribution < -0.4 is 10.7 Å². The van der Waals surface area contributed by atoms with Gasteiger partial charge in [0, 0.05) is 23.6 Å². The van der Waals surface area contributed by atoms with Crippen LogP contribution in [0.3, 0.4) is 0 Å². The lowest BCUT2D eigenvalue weighted by molar-refractivity contribution is -0.393. The van der Waals surface area contributed by atoms with Crippen molar-refractivity contribution in [3.8, 4) is 0 Å². The zero-order chi connectivity index (χ0) is 24.4. The Kier molecular flexibility index (Phi) is 6.04. The van der Waals surface area contributed by atoms with E-state index >= 15 is 0 Å². The van der Waals surface area contributed by atoms with Crippen LogP contribution in [0, 0.1) is 33.0 Å². The van der Waals surface area contributed by atoms with Crippen LogP contribution in [0.2, 0.25) is 0 Å². The summed E-state index contributed by atoms with van der Waals surface area (Å²) in [6.45, 7) is 1.67. The summed E-state index contributed by atoms with van der Waals surface area (Å²) in [4.78, 5) is 33.6. The number of hydrogen-bond acceptors (Lipinski definition) is 8. The van der Waals surface area contributed by atoms with Crippen LogP contribution in [0.15, 0.2) is 52.0 Å². The summed E-state index contributed by atoms with van der Waals surface area (Å²) in [7, 11) is 0. The number of anilines is 2. The Labute approximate surface area is 191 Å². The molecule has 1 heterocycles. The number of rotatable bonds is 6. The maximum atomic E-state index is 13.9. The van der Waals surface area contributed by atoms with Gasteiger partial charge in [0.25, 0.3) is 11.6 Å². The van der Waals surface area contributed by atoms with Crippen molar-refractivity contribution >= 4 is 34.4 Å². The first-order valence-corrected chi connectivity index (χ1v) is 10.2. The first-order chi connectivity index (χ1) is 16.3. The number of carbonyl (C=O) groups excluding carboxylic acids is 1. The molecule has 12 heteroatoms. The third-order valence-electron chi connectivity index (χ3n) is 5.35. The number of nitro benzene ring substituents is 2. The number of furan rings is 1. The number of para-hydroxylation sites is 1. The highest BCUT2D eigenvalue weighted by atomic mass is 19.1. The van der Waals surface area contributed by atoms with Crippen molar-refractivity contribution in [1.29, 1.82) is 0 Å². The Morgan fingerprint density at radius 3 is 2.56 bits per heavy atom. The third-order valence-corrected chi connectivity index (χ3v) is 5.35. The second kappa shape index (κ2) is 9.10. The predicted octanol–water partition coefficient (Wildman–Crippen LogP) is 4.95. The van der Waals surface area contributed by atoms with Gasteiger partial charge in [0.2, 0.25) is 0 Å². The smallest absolute Gasteiger partial charge is 0.301 e. The number of non-ortho nitro benzene ring substituents is 1. The van der Waals surface area contributed by atoms with Gasteiger partial charge in [-0.3, -0.25) is 30.4 Å². The highest BCUT2D eigenvalue weighted by Crippen LogP contribution is 2.32. The Morgan fingerprint density at radius 1 is 1.09 bits per heavy atom. The van der Waals surface area contributed by atoms with E-state index in [1.54, 1.807) is 13.0 Å². The first kappa shape index (κ1) is 22.6. The molecule has 4 rings (SSSR count). The van der Waals surface area contributed by atoms with E-state index in [4.69, 9.17) is 4.42 Å². The maximum Gasteiger partial charge on any atom is 0.301 e. The number of aryl methyl sites for hydroxylation is 1. The van der Waals surface area contributed by atoms with E-state index in [0.717, 1.165) is 12.1 Å². The molecule has 0 saturated carbocycles. The molecule has 2 N–H and O–H groups in total. The molecule has 0 saturated heterocycles. The van der Waals surface area contributed by atoms with Gasteiger partial charge >= 0.3 is 5.69 Å². The van der Waals surface area contributed by atoms with Crippen LogP contribution >= 0.6 is 0 Å². The molecule has 0 unspecified atom stereocenters. The molecule has 1 aliphatic rings. The van der Waals surface area contributed by atoms with E-state index < -0.39 is 32.9 Å². The summed E-state index contributed by atoms with van der Waals surface area (Å²) in [5, 5.41) is 29.1. The van der Waals surface area contributed by atoms with Crippen LogP contribution in [-0.2, 0) is 6.42 Å². The van der Waals surface area contributed by atoms with Crippen molar-refractivity contribution in [2.75, 3.05) is 10.7 Å². The number of hydrazone groups is 1. The van der Waals surface area contributed by atoms with E-state index in [1.165, 1.54) is 24.3 Å². The quantitative estimate of drug-likeness (QED) is 0.384. The topological polar surface area (TPSA) is 153 Å². The van der Waals surface area contributed by atoms with Crippen LogP contribution in [0.4, 0.5) is 27.1 Å². The summed E-state index contributed by atoms with van der Waals surface area (Å²) in [6, 6.07) is 8.95. The molecule has 34 heavy (non-hydrogen) atoms. The number of carbonyl (C=O) groups is 1. The number of halogens is 1. The molecule has 1 aliphatic carbocycles. The minimum Gasteiger partial charge on any atom is -0.455 e. The van der Waals surface area contributed by atoms with Crippen molar-refractivity contribution in [3.05, 3.63) is 91.2 Å². The second-order valence-electron chi connectivity index (χ2n) is 7.53. The molecule has 2 aromatic carbocycles. The molecule has 0 bridgehead atoms. The summed E-state index contributed by atoms with van der Waals surface area (Å²) >= 11 is 0. The van der Waals surface area contributed by atoms with Gasteiger partial charge < -0.3 is 9.73 Å². The Balaban J connectivity index is 1.63. The van der Waals surface area contributed by atoms with E-state index in [0.29, 0.717) is 41.9 Å². The van der Waals surface area contributed by atoms with Gasteiger partial charge in [-0.25, -0.2) is 4.39 Å². The highest BCUT2D eigenvalue weighted by molar-refractivity contribution is 6.09. The lowest BCUT2D eigenvalue weighted by atomic mass is 9.93. The Hall–Kier alpha value is -4.61. The van der Waals surface area contributed by atoms with Gasteiger partial charge in [-0.2, -0.15) is 5.10 Å². The highest BCUT2D eigenvalue weighted by Gasteiger charge is 2.28. The van der Waals surface area contributed by atoms with Gasteiger partial charge in [-0.15, -0.1) is 0 Å². The number of benzene rings is 2. The fraction of sp³-hybridized carbons (Fsp3) is 0.182. The van der Waals surface area contributed by atoms with Crippen molar-refractivity contribution in [1.82, 2.24) is 0 Å². The molecule has 0 fully saturated rings. The van der Waals surface area contributed by atoms with Crippen LogP contribution in [0.25, 0.3) is 0 Å². The van der Waals surface area contributed by atoms with E-state index in [-0.39, 0.29) is 17.1 Å². The zero-order valence-corrected chi connectivity index (χ0v) is 17.8. The number of hydrogen-bond donors (Lipinski definition) is 2. The van der Waals surface area contributed by atoms with Crippen molar-refractivity contribution in [3.63, 3.8) is 0 Å². The number of nitrogens with zero attached hydrogens (tertiary/aromatic N) is 3. The molecule has 174 valence electrons. The maximum absolute atomic E-state index is 13.9. The van der Waals surface area contributed by atoms with Crippen molar-refractivity contribution < 1.29 is 23.4 Å². The molecule has 1 amide bonds. The van der Waals surface area contributed by atoms with Gasteiger partial charge in [0.05, 0.1) is 27.3 Å². The standard InChI is InChI=1S/C22H18FN5O6/c1-12-20-17(26-25-16-10-9-13(27(30)31)11-18(16)28(32)33)7-4-8-19(20)34-21(12)22(29)24-15-6-3-2-5-14(15)23/h2-3,5-6,9-11,25H,4,7-8H2,1H3,(H,24,29)/b26-17+. The van der Waals surface area contributed by atoms with Gasteiger partial charge in [-0.1, -0.05) is 12.1 Å². The SMILES string of the molecule is Cc1c(C(=O)Nc2ccccc2F)oc2c1/C(=N/Nc1ccc([N+](=O)[O-])cc1[N+](=O)[O-])CCC2. The summed E-state index contributed by atoms with van der Waals surface area (Å²) < 4.78 is 19.7. The van der Waals surface area contributed by atoms with Gasteiger partial charge in [0.15, 0.2) is 5.76 Å². The number of amides is 1. The number of fused-ring (bicyclic) bond motifs is 1. The van der Waals surface area contributed by atoms with Crippen LogP contribution in [0.5, 0.6) is 0 Å². The Morgan fingerprint density at radius 2 is 1.85 bits per heavy atom. The van der Waals surface area contributed by atoms with Crippen LogP contribution in [0.1, 0.15) is 40.3 Å². The first-order valence-electron chi connectivity index (χ1n) is 10.2. The molecule has 11 nitrogen and oxygen atoms in total.